The highest BCUT2D eigenvalue weighted by atomic mass is 19.1. The fraction of sp³-hybridized carbons (Fsp3) is 0. The average Bonchev–Trinajstić information content (AvgIpc) is 2.49. The van der Waals surface area contributed by atoms with Crippen LogP contribution in [0.3, 0.4) is 0 Å². The van der Waals surface area contributed by atoms with E-state index in [-0.39, 0.29) is 5.82 Å². The third-order valence-electron chi connectivity index (χ3n) is 3.10. The van der Waals surface area contributed by atoms with E-state index in [0.717, 1.165) is 22.3 Å². The molecule has 3 aromatic carbocycles. The Balaban J connectivity index is 2.15. The Bertz CT molecular complexity index is 670. The van der Waals surface area contributed by atoms with Gasteiger partial charge >= 0.3 is 0 Å². The summed E-state index contributed by atoms with van der Waals surface area (Å²) in [6, 6.07) is 25.7. The van der Waals surface area contributed by atoms with Gasteiger partial charge in [-0.2, -0.15) is 0 Å². The normalized spacial score (nSPS) is 10.4. The van der Waals surface area contributed by atoms with Crippen molar-refractivity contribution < 1.29 is 4.39 Å². The molecule has 0 unspecified atom stereocenters. The van der Waals surface area contributed by atoms with Crippen LogP contribution in [-0.2, 0) is 0 Å². The minimum Gasteiger partial charge on any atom is -0.207 e. The Hall–Kier alpha value is -2.41. The quantitative estimate of drug-likeness (QED) is 0.600. The van der Waals surface area contributed by atoms with Crippen molar-refractivity contribution in [2.24, 2.45) is 0 Å². The smallest absolute Gasteiger partial charge is 0.123 e. The summed E-state index contributed by atoms with van der Waals surface area (Å²) in [4.78, 5) is 0. The lowest BCUT2D eigenvalue weighted by Gasteiger charge is -2.09. The second-order valence-corrected chi connectivity index (χ2v) is 4.34. The summed E-state index contributed by atoms with van der Waals surface area (Å²) in [5.74, 6) is -0.218. The highest BCUT2D eigenvalue weighted by Crippen LogP contribution is 2.31. The van der Waals surface area contributed by atoms with Gasteiger partial charge in [0.05, 0.1) is 0 Å². The molecule has 0 spiro atoms. The van der Waals surface area contributed by atoms with E-state index in [9.17, 15) is 4.39 Å². The summed E-state index contributed by atoms with van der Waals surface area (Å²) >= 11 is 0. The average molecular weight is 247 g/mol. The zero-order valence-corrected chi connectivity index (χ0v) is 10.3. The first-order valence-electron chi connectivity index (χ1n) is 6.16. The summed E-state index contributed by atoms with van der Waals surface area (Å²) in [6.07, 6.45) is 0. The van der Waals surface area contributed by atoms with Crippen LogP contribution in [0.25, 0.3) is 22.3 Å². The molecule has 1 radical (unpaired) electrons. The van der Waals surface area contributed by atoms with Gasteiger partial charge in [-0.3, -0.25) is 0 Å². The first kappa shape index (κ1) is 11.7. The number of hydrogen-bond donors (Lipinski definition) is 0. The standard InChI is InChI=1S/C18H12F/c19-16-12-10-15(11-13-16)18-9-5-4-8-17(18)14-6-2-1-3-7-14/h1-4,6-13H. The van der Waals surface area contributed by atoms with Gasteiger partial charge in [-0.1, -0.05) is 54.6 Å². The molecule has 0 fully saturated rings. The predicted octanol–water partition coefficient (Wildman–Crippen LogP) is 4.96. The molecule has 0 aromatic heterocycles. The molecule has 0 amide bonds. The highest BCUT2D eigenvalue weighted by Gasteiger charge is 2.06. The van der Waals surface area contributed by atoms with E-state index in [0.29, 0.717) is 0 Å². The highest BCUT2D eigenvalue weighted by molar-refractivity contribution is 5.83. The maximum atomic E-state index is 13.0. The lowest BCUT2D eigenvalue weighted by Crippen LogP contribution is -1.85. The van der Waals surface area contributed by atoms with Crippen LogP contribution in [0, 0.1) is 11.9 Å². The van der Waals surface area contributed by atoms with Crippen molar-refractivity contribution >= 4 is 0 Å². The first-order valence-corrected chi connectivity index (χ1v) is 6.16. The molecular weight excluding hydrogens is 235 g/mol. The van der Waals surface area contributed by atoms with Crippen molar-refractivity contribution in [3.63, 3.8) is 0 Å². The number of rotatable bonds is 2. The van der Waals surface area contributed by atoms with E-state index < -0.39 is 0 Å². The molecule has 91 valence electrons. The van der Waals surface area contributed by atoms with Gasteiger partial charge in [0.15, 0.2) is 0 Å². The molecule has 0 N–H and O–H groups in total. The van der Waals surface area contributed by atoms with E-state index in [4.69, 9.17) is 0 Å². The Morgan fingerprint density at radius 2 is 1.37 bits per heavy atom. The van der Waals surface area contributed by atoms with Gasteiger partial charge in [-0.15, -0.1) is 0 Å². The predicted molar refractivity (Wildman–Crippen MR) is 76.1 cm³/mol. The third kappa shape index (κ3) is 2.41. The SMILES string of the molecule is Fc1ccc(-c2c[c]ccc2-c2ccccc2)cc1. The van der Waals surface area contributed by atoms with Gasteiger partial charge in [0.25, 0.3) is 0 Å². The fourth-order valence-corrected chi connectivity index (χ4v) is 2.17. The topological polar surface area (TPSA) is 0 Å². The summed E-state index contributed by atoms with van der Waals surface area (Å²) in [5.41, 5.74) is 4.34. The second-order valence-electron chi connectivity index (χ2n) is 4.34. The second kappa shape index (κ2) is 5.07. The molecule has 0 saturated heterocycles. The molecule has 19 heavy (non-hydrogen) atoms. The van der Waals surface area contributed by atoms with Gasteiger partial charge < -0.3 is 0 Å². The van der Waals surface area contributed by atoms with Gasteiger partial charge in [0.2, 0.25) is 0 Å². The summed E-state index contributed by atoms with van der Waals surface area (Å²) in [5, 5.41) is 0. The Kier molecular flexibility index (Phi) is 3.11. The van der Waals surface area contributed by atoms with Crippen LogP contribution in [0.15, 0.2) is 72.8 Å². The minimum absolute atomic E-state index is 0.218. The van der Waals surface area contributed by atoms with Crippen molar-refractivity contribution in [3.8, 4) is 22.3 Å². The van der Waals surface area contributed by atoms with Gasteiger partial charge in [0.1, 0.15) is 5.82 Å². The van der Waals surface area contributed by atoms with Crippen LogP contribution in [0.2, 0.25) is 0 Å². The molecule has 3 aromatic rings. The van der Waals surface area contributed by atoms with Crippen molar-refractivity contribution in [1.29, 1.82) is 0 Å². The lowest BCUT2D eigenvalue weighted by molar-refractivity contribution is 0.628. The van der Waals surface area contributed by atoms with Crippen molar-refractivity contribution in [1.82, 2.24) is 0 Å². The molecule has 0 heterocycles. The number of hydrogen-bond acceptors (Lipinski definition) is 0. The van der Waals surface area contributed by atoms with E-state index >= 15 is 0 Å². The monoisotopic (exact) mass is 247 g/mol. The van der Waals surface area contributed by atoms with Crippen molar-refractivity contribution in [3.05, 3.63) is 84.7 Å². The van der Waals surface area contributed by atoms with E-state index in [2.05, 4.69) is 18.2 Å². The molecule has 0 nitrogen and oxygen atoms in total. The van der Waals surface area contributed by atoms with Gasteiger partial charge in [-0.05, 0) is 46.5 Å². The molecule has 0 aliphatic heterocycles. The Labute approximate surface area is 112 Å². The van der Waals surface area contributed by atoms with E-state index in [1.807, 2.05) is 36.4 Å². The molecule has 3 rings (SSSR count). The molecule has 1 heteroatoms. The maximum absolute atomic E-state index is 13.0. The minimum atomic E-state index is -0.218. The van der Waals surface area contributed by atoms with E-state index in [1.54, 1.807) is 12.1 Å². The first-order chi connectivity index (χ1) is 9.34. The molecule has 0 saturated carbocycles. The number of halogens is 1. The van der Waals surface area contributed by atoms with Crippen LogP contribution >= 0.6 is 0 Å². The number of benzene rings is 3. The van der Waals surface area contributed by atoms with Crippen LogP contribution in [0.4, 0.5) is 4.39 Å². The summed E-state index contributed by atoms with van der Waals surface area (Å²) < 4.78 is 13.0. The van der Waals surface area contributed by atoms with Crippen molar-refractivity contribution in [2.45, 2.75) is 0 Å². The van der Waals surface area contributed by atoms with E-state index in [1.165, 1.54) is 12.1 Å². The summed E-state index contributed by atoms with van der Waals surface area (Å²) in [6.45, 7) is 0. The van der Waals surface area contributed by atoms with Gasteiger partial charge in [0, 0.05) is 0 Å². The van der Waals surface area contributed by atoms with Crippen LogP contribution in [-0.4, -0.2) is 0 Å². The van der Waals surface area contributed by atoms with Gasteiger partial charge in [-0.25, -0.2) is 4.39 Å². The van der Waals surface area contributed by atoms with Crippen LogP contribution in [0.1, 0.15) is 0 Å². The molecule has 0 bridgehead atoms. The lowest BCUT2D eigenvalue weighted by atomic mass is 9.95. The van der Waals surface area contributed by atoms with Crippen molar-refractivity contribution in [2.75, 3.05) is 0 Å². The zero-order valence-electron chi connectivity index (χ0n) is 10.3. The maximum Gasteiger partial charge on any atom is 0.123 e. The molecule has 0 aliphatic rings. The fourth-order valence-electron chi connectivity index (χ4n) is 2.17. The van der Waals surface area contributed by atoms with Crippen LogP contribution < -0.4 is 0 Å². The van der Waals surface area contributed by atoms with Crippen LogP contribution in [0.5, 0.6) is 0 Å². The zero-order chi connectivity index (χ0) is 13.1. The molecule has 0 atom stereocenters. The Morgan fingerprint density at radius 1 is 0.684 bits per heavy atom. The Morgan fingerprint density at radius 3 is 2.11 bits per heavy atom. The largest absolute Gasteiger partial charge is 0.207 e. The molecule has 0 aliphatic carbocycles. The third-order valence-corrected chi connectivity index (χ3v) is 3.10. The molecular formula is C18H12F. The summed E-state index contributed by atoms with van der Waals surface area (Å²) in [7, 11) is 0.